The molecule has 0 bridgehead atoms. The van der Waals surface area contributed by atoms with Gasteiger partial charge in [-0.2, -0.15) is 0 Å². The predicted molar refractivity (Wildman–Crippen MR) is 71.4 cm³/mol. The third kappa shape index (κ3) is 8.98. The third-order valence-corrected chi connectivity index (χ3v) is 2.89. The summed E-state index contributed by atoms with van der Waals surface area (Å²) in [5, 5.41) is 11.7. The van der Waals surface area contributed by atoms with E-state index in [4.69, 9.17) is 5.11 Å². The van der Waals surface area contributed by atoms with Crippen LogP contribution in [0.5, 0.6) is 0 Å². The Morgan fingerprint density at radius 2 is 1.83 bits per heavy atom. The first kappa shape index (κ1) is 16.9. The van der Waals surface area contributed by atoms with E-state index in [1.807, 2.05) is 25.9 Å². The van der Waals surface area contributed by atoms with Gasteiger partial charge in [-0.25, -0.2) is 0 Å². The fraction of sp³-hybridized carbons (Fsp3) is 0.846. The van der Waals surface area contributed by atoms with Crippen LogP contribution in [0.4, 0.5) is 0 Å². The standard InChI is InChI=1S/C13H26N2O3/c1-10(13(17)18)6-5-7-11(2)14-12(16)8-9-15(3)4/h10-11H,5-9H2,1-4H3,(H,14,16)(H,17,18). The largest absolute Gasteiger partial charge is 0.481 e. The van der Waals surface area contributed by atoms with Crippen molar-refractivity contribution in [3.63, 3.8) is 0 Å². The minimum absolute atomic E-state index is 0.0579. The Morgan fingerprint density at radius 3 is 2.33 bits per heavy atom. The lowest BCUT2D eigenvalue weighted by Crippen LogP contribution is -2.34. The van der Waals surface area contributed by atoms with Crippen LogP contribution in [0.1, 0.15) is 39.5 Å². The molecule has 0 rings (SSSR count). The quantitative estimate of drug-likeness (QED) is 0.654. The van der Waals surface area contributed by atoms with Gasteiger partial charge in [0.25, 0.3) is 0 Å². The Kier molecular flexibility index (Phi) is 8.37. The van der Waals surface area contributed by atoms with E-state index in [0.29, 0.717) is 12.8 Å². The van der Waals surface area contributed by atoms with Crippen molar-refractivity contribution >= 4 is 11.9 Å². The van der Waals surface area contributed by atoms with Gasteiger partial charge in [-0.3, -0.25) is 9.59 Å². The van der Waals surface area contributed by atoms with E-state index in [0.717, 1.165) is 19.4 Å². The Labute approximate surface area is 110 Å². The molecule has 5 nitrogen and oxygen atoms in total. The number of carbonyl (C=O) groups excluding carboxylic acids is 1. The van der Waals surface area contributed by atoms with Crippen LogP contribution in [0.2, 0.25) is 0 Å². The first-order valence-electron chi connectivity index (χ1n) is 6.49. The molecule has 2 N–H and O–H groups in total. The lowest BCUT2D eigenvalue weighted by atomic mass is 10.0. The number of nitrogens with one attached hydrogen (secondary N) is 1. The molecule has 106 valence electrons. The molecule has 0 radical (unpaired) electrons. The maximum absolute atomic E-state index is 11.5. The van der Waals surface area contributed by atoms with E-state index in [2.05, 4.69) is 5.32 Å². The van der Waals surface area contributed by atoms with Gasteiger partial charge in [0.2, 0.25) is 5.91 Å². The molecule has 0 heterocycles. The van der Waals surface area contributed by atoms with Gasteiger partial charge >= 0.3 is 5.97 Å². The first-order chi connectivity index (χ1) is 8.32. The van der Waals surface area contributed by atoms with Gasteiger partial charge < -0.3 is 15.3 Å². The highest BCUT2D eigenvalue weighted by molar-refractivity contribution is 5.76. The van der Waals surface area contributed by atoms with Crippen molar-refractivity contribution in [2.45, 2.75) is 45.6 Å². The van der Waals surface area contributed by atoms with Crippen LogP contribution in [-0.4, -0.2) is 48.6 Å². The number of nitrogens with zero attached hydrogens (tertiary/aromatic N) is 1. The average molecular weight is 258 g/mol. The number of carbonyl (C=O) groups is 2. The molecule has 0 aromatic rings. The topological polar surface area (TPSA) is 69.6 Å². The molecule has 18 heavy (non-hydrogen) atoms. The number of aliphatic carboxylic acids is 1. The van der Waals surface area contributed by atoms with Crippen LogP contribution in [0.15, 0.2) is 0 Å². The SMILES string of the molecule is CC(CCCC(C)C(=O)O)NC(=O)CCN(C)C. The summed E-state index contributed by atoms with van der Waals surface area (Å²) in [5.41, 5.74) is 0. The smallest absolute Gasteiger partial charge is 0.306 e. The number of carboxylic acids is 1. The van der Waals surface area contributed by atoms with Crippen molar-refractivity contribution in [1.29, 1.82) is 0 Å². The van der Waals surface area contributed by atoms with E-state index in [9.17, 15) is 9.59 Å². The monoisotopic (exact) mass is 258 g/mol. The van der Waals surface area contributed by atoms with E-state index in [1.165, 1.54) is 0 Å². The molecule has 0 saturated carbocycles. The van der Waals surface area contributed by atoms with Crippen LogP contribution in [0.25, 0.3) is 0 Å². The molecule has 5 heteroatoms. The molecule has 1 amide bonds. The summed E-state index contributed by atoms with van der Waals surface area (Å²) in [6.07, 6.45) is 2.81. The highest BCUT2D eigenvalue weighted by atomic mass is 16.4. The zero-order chi connectivity index (χ0) is 14.1. The van der Waals surface area contributed by atoms with Crippen LogP contribution in [0.3, 0.4) is 0 Å². The Hall–Kier alpha value is -1.10. The zero-order valence-corrected chi connectivity index (χ0v) is 11.9. The number of hydrogen-bond donors (Lipinski definition) is 2. The van der Waals surface area contributed by atoms with E-state index in [1.54, 1.807) is 6.92 Å². The van der Waals surface area contributed by atoms with Crippen LogP contribution >= 0.6 is 0 Å². The summed E-state index contributed by atoms with van der Waals surface area (Å²) in [5.74, 6) is -0.998. The minimum atomic E-state index is -0.752. The molecule has 2 atom stereocenters. The Bertz CT molecular complexity index is 267. The minimum Gasteiger partial charge on any atom is -0.481 e. The molecule has 0 aliphatic rings. The molecule has 2 unspecified atom stereocenters. The van der Waals surface area contributed by atoms with Gasteiger partial charge in [-0.15, -0.1) is 0 Å². The Morgan fingerprint density at radius 1 is 1.22 bits per heavy atom. The summed E-state index contributed by atoms with van der Waals surface area (Å²) in [4.78, 5) is 24.1. The maximum Gasteiger partial charge on any atom is 0.306 e. The second kappa shape index (κ2) is 8.91. The number of rotatable bonds is 9. The van der Waals surface area contributed by atoms with Crippen LogP contribution < -0.4 is 5.32 Å². The summed E-state index contributed by atoms with van der Waals surface area (Å²) in [6, 6.07) is 0.112. The molecule has 0 fully saturated rings. The number of amides is 1. The molecular formula is C13H26N2O3. The van der Waals surface area contributed by atoms with Gasteiger partial charge in [0.05, 0.1) is 5.92 Å². The first-order valence-corrected chi connectivity index (χ1v) is 6.49. The van der Waals surface area contributed by atoms with Crippen molar-refractivity contribution < 1.29 is 14.7 Å². The summed E-state index contributed by atoms with van der Waals surface area (Å²) < 4.78 is 0. The highest BCUT2D eigenvalue weighted by Gasteiger charge is 2.12. The van der Waals surface area contributed by atoms with Crippen molar-refractivity contribution in [3.05, 3.63) is 0 Å². The highest BCUT2D eigenvalue weighted by Crippen LogP contribution is 2.09. The zero-order valence-electron chi connectivity index (χ0n) is 11.9. The second-order valence-corrected chi connectivity index (χ2v) is 5.19. The summed E-state index contributed by atoms with van der Waals surface area (Å²) in [7, 11) is 3.87. The summed E-state index contributed by atoms with van der Waals surface area (Å²) >= 11 is 0. The van der Waals surface area contributed by atoms with Gasteiger partial charge in [-0.1, -0.05) is 13.3 Å². The lowest BCUT2D eigenvalue weighted by Gasteiger charge is -2.15. The normalized spacial score (nSPS) is 14.3. The number of carboxylic acid groups (broad SMARTS) is 1. The average Bonchev–Trinajstić information content (AvgIpc) is 2.25. The predicted octanol–water partition coefficient (Wildman–Crippen LogP) is 1.33. The van der Waals surface area contributed by atoms with Crippen molar-refractivity contribution in [2.24, 2.45) is 5.92 Å². The van der Waals surface area contributed by atoms with Crippen molar-refractivity contribution in [2.75, 3.05) is 20.6 Å². The number of hydrogen-bond acceptors (Lipinski definition) is 3. The Balaban J connectivity index is 3.67. The van der Waals surface area contributed by atoms with Gasteiger partial charge in [0.1, 0.15) is 0 Å². The van der Waals surface area contributed by atoms with Gasteiger partial charge in [0, 0.05) is 19.0 Å². The fourth-order valence-corrected chi connectivity index (χ4v) is 1.60. The van der Waals surface area contributed by atoms with E-state index in [-0.39, 0.29) is 17.9 Å². The molecule has 0 spiro atoms. The van der Waals surface area contributed by atoms with Crippen molar-refractivity contribution in [3.8, 4) is 0 Å². The molecule has 0 aliphatic carbocycles. The van der Waals surface area contributed by atoms with E-state index < -0.39 is 5.97 Å². The molecular weight excluding hydrogens is 232 g/mol. The van der Waals surface area contributed by atoms with Gasteiger partial charge in [-0.05, 0) is 33.9 Å². The van der Waals surface area contributed by atoms with Gasteiger partial charge in [0.15, 0.2) is 0 Å². The molecule has 0 aliphatic heterocycles. The third-order valence-electron chi connectivity index (χ3n) is 2.89. The molecule has 0 aromatic heterocycles. The molecule has 0 saturated heterocycles. The van der Waals surface area contributed by atoms with Crippen molar-refractivity contribution in [1.82, 2.24) is 10.2 Å². The lowest BCUT2D eigenvalue weighted by molar-refractivity contribution is -0.141. The van der Waals surface area contributed by atoms with Crippen LogP contribution in [-0.2, 0) is 9.59 Å². The van der Waals surface area contributed by atoms with Crippen LogP contribution in [0, 0.1) is 5.92 Å². The molecule has 0 aromatic carbocycles. The summed E-state index contributed by atoms with van der Waals surface area (Å²) in [6.45, 7) is 4.41. The fourth-order valence-electron chi connectivity index (χ4n) is 1.60. The maximum atomic E-state index is 11.5. The van der Waals surface area contributed by atoms with E-state index >= 15 is 0 Å². The second-order valence-electron chi connectivity index (χ2n) is 5.19.